The molecule has 0 radical (unpaired) electrons. The first-order valence-corrected chi connectivity index (χ1v) is 8.87. The van der Waals surface area contributed by atoms with Gasteiger partial charge in [-0.1, -0.05) is 0 Å². The lowest BCUT2D eigenvalue weighted by molar-refractivity contribution is 0.0587. The van der Waals surface area contributed by atoms with E-state index in [1.54, 1.807) is 0 Å². The Kier molecular flexibility index (Phi) is 5.98. The van der Waals surface area contributed by atoms with Crippen LogP contribution in [0.2, 0.25) is 0 Å². The van der Waals surface area contributed by atoms with E-state index >= 15 is 0 Å². The van der Waals surface area contributed by atoms with Gasteiger partial charge in [-0.3, -0.25) is 4.79 Å². The van der Waals surface area contributed by atoms with Gasteiger partial charge in [0.05, 0.1) is 31.0 Å². The van der Waals surface area contributed by atoms with Crippen LogP contribution in [0.25, 0.3) is 0 Å². The van der Waals surface area contributed by atoms with E-state index < -0.39 is 33.0 Å². The largest absolute Gasteiger partial charge is 0.465 e. The number of furan rings is 1. The van der Waals surface area contributed by atoms with Gasteiger partial charge in [0, 0.05) is 0 Å². The number of hydrogen-bond acceptors (Lipinski definition) is 8. The molecule has 0 atom stereocenters. The number of esters is 2. The number of rotatable bonds is 6. The third kappa shape index (κ3) is 4.33. The molecule has 144 valence electrons. The van der Waals surface area contributed by atoms with Gasteiger partial charge in [-0.15, -0.1) is 0 Å². The molecule has 0 aliphatic carbocycles. The Bertz CT molecular complexity index is 994. The van der Waals surface area contributed by atoms with Gasteiger partial charge in [-0.2, -0.15) is 0 Å². The van der Waals surface area contributed by atoms with E-state index in [2.05, 4.69) is 19.5 Å². The molecule has 1 aromatic heterocycles. The molecule has 1 aromatic carbocycles. The molecule has 10 nitrogen and oxygen atoms in total. The SMILES string of the molecule is CNS(=O)(=O)c1ccc(C(=O)Nc2cc(C(=O)OC)ccc2C(=O)OC)o1. The third-order valence-corrected chi connectivity index (χ3v) is 4.72. The minimum atomic E-state index is -3.86. The van der Waals surface area contributed by atoms with Crippen LogP contribution in [-0.2, 0) is 19.5 Å². The van der Waals surface area contributed by atoms with Gasteiger partial charge in [-0.05, 0) is 37.4 Å². The Hall–Kier alpha value is -3.18. The quantitative estimate of drug-likeness (QED) is 0.689. The van der Waals surface area contributed by atoms with Gasteiger partial charge in [0.15, 0.2) is 5.76 Å². The number of benzene rings is 1. The average Bonchev–Trinajstić information content (AvgIpc) is 3.18. The van der Waals surface area contributed by atoms with Crippen LogP contribution >= 0.6 is 0 Å². The summed E-state index contributed by atoms with van der Waals surface area (Å²) in [6, 6.07) is 6.10. The van der Waals surface area contributed by atoms with E-state index in [1.807, 2.05) is 0 Å². The van der Waals surface area contributed by atoms with Gasteiger partial charge in [0.25, 0.3) is 15.9 Å². The highest BCUT2D eigenvalue weighted by Gasteiger charge is 2.22. The van der Waals surface area contributed by atoms with Crippen molar-refractivity contribution in [3.8, 4) is 0 Å². The fourth-order valence-electron chi connectivity index (χ4n) is 2.05. The molecule has 0 aliphatic rings. The third-order valence-electron chi connectivity index (χ3n) is 3.43. The summed E-state index contributed by atoms with van der Waals surface area (Å²) in [5.41, 5.74) is 0.0238. The molecule has 1 amide bonds. The van der Waals surface area contributed by atoms with Crippen LogP contribution in [0.4, 0.5) is 5.69 Å². The first-order valence-electron chi connectivity index (χ1n) is 7.39. The normalized spacial score (nSPS) is 10.9. The molecule has 0 fully saturated rings. The minimum absolute atomic E-state index is 0.0203. The molecule has 2 N–H and O–H groups in total. The summed E-state index contributed by atoms with van der Waals surface area (Å²) in [6.45, 7) is 0. The van der Waals surface area contributed by atoms with Crippen molar-refractivity contribution in [2.75, 3.05) is 26.6 Å². The summed E-state index contributed by atoms with van der Waals surface area (Å²) >= 11 is 0. The number of methoxy groups -OCH3 is 2. The van der Waals surface area contributed by atoms with Crippen LogP contribution in [0.15, 0.2) is 39.8 Å². The van der Waals surface area contributed by atoms with Crippen LogP contribution < -0.4 is 10.0 Å². The van der Waals surface area contributed by atoms with Crippen LogP contribution in [-0.4, -0.2) is 47.5 Å². The van der Waals surface area contributed by atoms with Crippen LogP contribution in [0, 0.1) is 0 Å². The zero-order chi connectivity index (χ0) is 20.2. The Morgan fingerprint density at radius 1 is 1.00 bits per heavy atom. The van der Waals surface area contributed by atoms with E-state index in [4.69, 9.17) is 4.42 Å². The second-order valence-corrected chi connectivity index (χ2v) is 6.84. The predicted molar refractivity (Wildman–Crippen MR) is 92.0 cm³/mol. The fraction of sp³-hybridized carbons (Fsp3) is 0.188. The van der Waals surface area contributed by atoms with Gasteiger partial charge >= 0.3 is 11.9 Å². The molecule has 0 saturated heterocycles. The highest BCUT2D eigenvalue weighted by Crippen LogP contribution is 2.22. The highest BCUT2D eigenvalue weighted by molar-refractivity contribution is 7.89. The first-order chi connectivity index (χ1) is 12.7. The average molecular weight is 396 g/mol. The number of nitrogens with one attached hydrogen (secondary N) is 2. The van der Waals surface area contributed by atoms with Crippen molar-refractivity contribution in [3.63, 3.8) is 0 Å². The Morgan fingerprint density at radius 3 is 2.26 bits per heavy atom. The van der Waals surface area contributed by atoms with E-state index in [-0.39, 0.29) is 22.6 Å². The second-order valence-electron chi connectivity index (χ2n) is 5.02. The number of hydrogen-bond donors (Lipinski definition) is 2. The van der Waals surface area contributed by atoms with E-state index in [0.29, 0.717) is 0 Å². The molecule has 0 spiro atoms. The molecule has 2 aromatic rings. The van der Waals surface area contributed by atoms with Crippen molar-refractivity contribution in [1.82, 2.24) is 4.72 Å². The summed E-state index contributed by atoms with van der Waals surface area (Å²) < 4.78 is 39.7. The second kappa shape index (κ2) is 8.01. The molecule has 11 heteroatoms. The Balaban J connectivity index is 2.38. The van der Waals surface area contributed by atoms with Crippen molar-refractivity contribution in [1.29, 1.82) is 0 Å². The van der Waals surface area contributed by atoms with Gasteiger partial charge in [0.1, 0.15) is 0 Å². The maximum atomic E-state index is 12.4. The van der Waals surface area contributed by atoms with E-state index in [1.165, 1.54) is 32.4 Å². The smallest absolute Gasteiger partial charge is 0.339 e. The van der Waals surface area contributed by atoms with Gasteiger partial charge < -0.3 is 19.2 Å². The molecule has 27 heavy (non-hydrogen) atoms. The number of anilines is 1. The lowest BCUT2D eigenvalue weighted by Crippen LogP contribution is -2.18. The molecule has 0 saturated carbocycles. The summed E-state index contributed by atoms with van der Waals surface area (Å²) in [5, 5.41) is 1.94. The van der Waals surface area contributed by atoms with Crippen molar-refractivity contribution in [2.24, 2.45) is 0 Å². The first kappa shape index (κ1) is 20.1. The van der Waals surface area contributed by atoms with Gasteiger partial charge in [-0.25, -0.2) is 22.7 Å². The Labute approximate surface area is 154 Å². The molecular weight excluding hydrogens is 380 g/mol. The molecule has 0 bridgehead atoms. The Morgan fingerprint density at radius 2 is 1.67 bits per heavy atom. The number of ether oxygens (including phenoxy) is 2. The standard InChI is InChI=1S/C16H16N2O8S/c1-17-27(22,23)13-7-6-12(26-13)14(19)18-11-8-9(15(20)24-2)4-5-10(11)16(21)25-3/h4-8,17H,1-3H3,(H,18,19). The van der Waals surface area contributed by atoms with Crippen LogP contribution in [0.5, 0.6) is 0 Å². The zero-order valence-corrected chi connectivity index (χ0v) is 15.4. The van der Waals surface area contributed by atoms with Crippen molar-refractivity contribution in [2.45, 2.75) is 5.09 Å². The maximum Gasteiger partial charge on any atom is 0.339 e. The molecule has 0 unspecified atom stereocenters. The minimum Gasteiger partial charge on any atom is -0.465 e. The fourth-order valence-corrected chi connectivity index (χ4v) is 2.70. The number of sulfonamides is 1. The summed E-state index contributed by atoms with van der Waals surface area (Å²) in [7, 11) is -0.331. The predicted octanol–water partition coefficient (Wildman–Crippen LogP) is 1.01. The summed E-state index contributed by atoms with van der Waals surface area (Å²) in [6.07, 6.45) is 0. The highest BCUT2D eigenvalue weighted by atomic mass is 32.2. The topological polar surface area (TPSA) is 141 Å². The van der Waals surface area contributed by atoms with Crippen molar-refractivity contribution in [3.05, 3.63) is 47.2 Å². The monoisotopic (exact) mass is 396 g/mol. The van der Waals surface area contributed by atoms with E-state index in [0.717, 1.165) is 19.2 Å². The number of amides is 1. The summed E-state index contributed by atoms with van der Waals surface area (Å²) in [4.78, 5) is 35.9. The van der Waals surface area contributed by atoms with Crippen molar-refractivity contribution >= 4 is 33.6 Å². The number of carbonyl (C=O) groups is 3. The number of carbonyl (C=O) groups excluding carboxylic acids is 3. The summed E-state index contributed by atoms with van der Waals surface area (Å²) in [5.74, 6) is -2.58. The molecule has 0 aliphatic heterocycles. The van der Waals surface area contributed by atoms with Crippen LogP contribution in [0.3, 0.4) is 0 Å². The molecular formula is C16H16N2O8S. The molecule has 1 heterocycles. The van der Waals surface area contributed by atoms with Crippen LogP contribution in [0.1, 0.15) is 31.3 Å². The zero-order valence-electron chi connectivity index (χ0n) is 14.6. The lowest BCUT2D eigenvalue weighted by atomic mass is 10.1. The molecule has 2 rings (SSSR count). The van der Waals surface area contributed by atoms with Gasteiger partial charge in [0.2, 0.25) is 5.09 Å². The lowest BCUT2D eigenvalue weighted by Gasteiger charge is -2.10. The maximum absolute atomic E-state index is 12.4. The van der Waals surface area contributed by atoms with E-state index in [9.17, 15) is 22.8 Å². The van der Waals surface area contributed by atoms with Crippen molar-refractivity contribution < 1.29 is 36.7 Å².